The number of nitrogens with two attached hydrogens (primary N) is 1. The van der Waals surface area contributed by atoms with E-state index in [2.05, 4.69) is 14.7 Å². The van der Waals surface area contributed by atoms with Crippen molar-refractivity contribution in [1.82, 2.24) is 9.97 Å². The Morgan fingerprint density at radius 1 is 1.60 bits per heavy atom. The maximum atomic E-state index is 11.1. The van der Waals surface area contributed by atoms with Crippen LogP contribution in [0.15, 0.2) is 12.3 Å². The van der Waals surface area contributed by atoms with E-state index in [1.165, 1.54) is 13.3 Å². The van der Waals surface area contributed by atoms with E-state index < -0.39 is 5.97 Å². The van der Waals surface area contributed by atoms with Gasteiger partial charge in [0.05, 0.1) is 13.7 Å². The van der Waals surface area contributed by atoms with Gasteiger partial charge in [0.25, 0.3) is 0 Å². The minimum atomic E-state index is -0.584. The van der Waals surface area contributed by atoms with Gasteiger partial charge in [-0.25, -0.2) is 9.78 Å². The van der Waals surface area contributed by atoms with E-state index >= 15 is 0 Å². The maximum absolute atomic E-state index is 11.1. The fraction of sp³-hybridized carbons (Fsp3) is 0.444. The Morgan fingerprint density at radius 3 is 3.07 bits per heavy atom. The molecule has 1 aromatic rings. The maximum Gasteiger partial charge on any atom is 0.376 e. The van der Waals surface area contributed by atoms with Crippen LogP contribution in [0.25, 0.3) is 0 Å². The molecule has 0 aliphatic heterocycles. The first-order chi connectivity index (χ1) is 7.27. The average Bonchev–Trinajstić information content (AvgIpc) is 2.29. The number of methoxy groups -OCH3 is 1. The molecule has 0 amide bonds. The third-order valence-corrected chi connectivity index (χ3v) is 1.60. The second-order valence-corrected chi connectivity index (χ2v) is 2.70. The summed E-state index contributed by atoms with van der Waals surface area (Å²) in [6.45, 7) is 1.02. The number of hydrogen-bond acceptors (Lipinski definition) is 6. The van der Waals surface area contributed by atoms with Crippen LogP contribution >= 0.6 is 0 Å². The minimum absolute atomic E-state index is 0.0113. The predicted octanol–water partition coefficient (Wildman–Crippen LogP) is -0.00920. The summed E-state index contributed by atoms with van der Waals surface area (Å²) in [6.07, 6.45) is 2.18. The molecule has 0 atom stereocenters. The average molecular weight is 211 g/mol. The van der Waals surface area contributed by atoms with Crippen molar-refractivity contribution in [3.8, 4) is 5.88 Å². The molecule has 1 aromatic heterocycles. The van der Waals surface area contributed by atoms with E-state index in [1.807, 2.05) is 0 Å². The van der Waals surface area contributed by atoms with Crippen LogP contribution in [0.1, 0.15) is 17.0 Å². The van der Waals surface area contributed by atoms with Crippen molar-refractivity contribution >= 4 is 5.97 Å². The predicted molar refractivity (Wildman–Crippen MR) is 52.5 cm³/mol. The number of rotatable bonds is 5. The Kier molecular flexibility index (Phi) is 4.49. The summed E-state index contributed by atoms with van der Waals surface area (Å²) >= 11 is 0. The van der Waals surface area contributed by atoms with E-state index in [1.54, 1.807) is 6.07 Å². The Labute approximate surface area is 87.4 Å². The van der Waals surface area contributed by atoms with Crippen molar-refractivity contribution in [2.45, 2.75) is 6.42 Å². The zero-order valence-corrected chi connectivity index (χ0v) is 8.47. The van der Waals surface area contributed by atoms with E-state index in [4.69, 9.17) is 10.5 Å². The fourth-order valence-electron chi connectivity index (χ4n) is 0.872. The lowest BCUT2D eigenvalue weighted by Crippen LogP contribution is -2.10. The first-order valence-electron chi connectivity index (χ1n) is 4.52. The topological polar surface area (TPSA) is 87.3 Å². The summed E-state index contributed by atoms with van der Waals surface area (Å²) < 4.78 is 9.72. The zero-order chi connectivity index (χ0) is 11.1. The summed E-state index contributed by atoms with van der Waals surface area (Å²) in [5.74, 6) is -0.249. The van der Waals surface area contributed by atoms with Crippen molar-refractivity contribution in [3.63, 3.8) is 0 Å². The fourth-order valence-corrected chi connectivity index (χ4v) is 0.872. The van der Waals surface area contributed by atoms with Crippen LogP contribution in [-0.2, 0) is 4.74 Å². The van der Waals surface area contributed by atoms with Crippen molar-refractivity contribution < 1.29 is 14.3 Å². The summed E-state index contributed by atoms with van der Waals surface area (Å²) in [4.78, 5) is 18.7. The van der Waals surface area contributed by atoms with Gasteiger partial charge in [-0.3, -0.25) is 0 Å². The molecule has 1 heterocycles. The van der Waals surface area contributed by atoms with Crippen molar-refractivity contribution in [1.29, 1.82) is 0 Å². The Bertz CT molecular complexity index is 330. The normalized spacial score (nSPS) is 9.73. The van der Waals surface area contributed by atoms with E-state index in [9.17, 15) is 4.79 Å². The smallest absolute Gasteiger partial charge is 0.376 e. The second kappa shape index (κ2) is 5.92. The SMILES string of the molecule is COC(=O)c1nccc(OCCCN)n1. The van der Waals surface area contributed by atoms with Crippen LogP contribution < -0.4 is 10.5 Å². The lowest BCUT2D eigenvalue weighted by Gasteiger charge is -2.04. The number of carbonyl (C=O) groups excluding carboxylic acids is 1. The van der Waals surface area contributed by atoms with E-state index in [0.29, 0.717) is 19.0 Å². The Hall–Kier alpha value is -1.69. The molecule has 0 saturated heterocycles. The largest absolute Gasteiger partial charge is 0.478 e. The van der Waals surface area contributed by atoms with Crippen LogP contribution in [-0.4, -0.2) is 36.2 Å². The number of hydrogen-bond donors (Lipinski definition) is 1. The van der Waals surface area contributed by atoms with Crippen LogP contribution in [0.5, 0.6) is 5.88 Å². The van der Waals surface area contributed by atoms with Gasteiger partial charge in [-0.1, -0.05) is 0 Å². The van der Waals surface area contributed by atoms with Gasteiger partial charge in [-0.15, -0.1) is 0 Å². The molecule has 0 bridgehead atoms. The van der Waals surface area contributed by atoms with Gasteiger partial charge < -0.3 is 15.2 Å². The molecule has 0 aromatic carbocycles. The number of aromatic nitrogens is 2. The van der Waals surface area contributed by atoms with Gasteiger partial charge >= 0.3 is 5.97 Å². The lowest BCUT2D eigenvalue weighted by atomic mass is 10.5. The lowest BCUT2D eigenvalue weighted by molar-refractivity contribution is 0.0585. The van der Waals surface area contributed by atoms with Gasteiger partial charge in [0.15, 0.2) is 0 Å². The Balaban J connectivity index is 2.62. The molecule has 0 fully saturated rings. The van der Waals surface area contributed by atoms with Gasteiger partial charge in [-0.05, 0) is 13.0 Å². The van der Waals surface area contributed by atoms with E-state index in [-0.39, 0.29) is 5.82 Å². The molecule has 1 rings (SSSR count). The van der Waals surface area contributed by atoms with Crippen LogP contribution in [0, 0.1) is 0 Å². The molecule has 6 heteroatoms. The first kappa shape index (κ1) is 11.4. The van der Waals surface area contributed by atoms with Crippen LogP contribution in [0.2, 0.25) is 0 Å². The summed E-state index contributed by atoms with van der Waals surface area (Å²) in [5.41, 5.74) is 5.31. The highest BCUT2D eigenvalue weighted by Crippen LogP contribution is 2.05. The van der Waals surface area contributed by atoms with Gasteiger partial charge in [-0.2, -0.15) is 4.98 Å². The molecule has 0 spiro atoms. The molecule has 82 valence electrons. The van der Waals surface area contributed by atoms with Gasteiger partial charge in [0, 0.05) is 12.3 Å². The number of nitrogens with zero attached hydrogens (tertiary/aromatic N) is 2. The highest BCUT2D eigenvalue weighted by atomic mass is 16.5. The van der Waals surface area contributed by atoms with Crippen LogP contribution in [0.4, 0.5) is 0 Å². The van der Waals surface area contributed by atoms with E-state index in [0.717, 1.165) is 6.42 Å². The molecule has 0 unspecified atom stereocenters. The first-order valence-corrected chi connectivity index (χ1v) is 4.52. The standard InChI is InChI=1S/C9H13N3O3/c1-14-9(13)8-11-5-3-7(12-8)15-6-2-4-10/h3,5H,2,4,6,10H2,1H3. The summed E-state index contributed by atoms with van der Waals surface area (Å²) in [6, 6.07) is 1.57. The van der Waals surface area contributed by atoms with Crippen LogP contribution in [0.3, 0.4) is 0 Å². The molecular weight excluding hydrogens is 198 g/mol. The number of esters is 1. The second-order valence-electron chi connectivity index (χ2n) is 2.70. The highest BCUT2D eigenvalue weighted by Gasteiger charge is 2.09. The van der Waals surface area contributed by atoms with Crippen molar-refractivity contribution in [3.05, 3.63) is 18.1 Å². The molecule has 6 nitrogen and oxygen atoms in total. The Morgan fingerprint density at radius 2 is 2.40 bits per heavy atom. The molecule has 0 saturated carbocycles. The third kappa shape index (κ3) is 3.51. The molecule has 0 aliphatic carbocycles. The van der Waals surface area contributed by atoms with Gasteiger partial charge in [0.1, 0.15) is 0 Å². The summed E-state index contributed by atoms with van der Waals surface area (Å²) in [7, 11) is 1.27. The minimum Gasteiger partial charge on any atom is -0.478 e. The highest BCUT2D eigenvalue weighted by molar-refractivity contribution is 5.84. The van der Waals surface area contributed by atoms with Gasteiger partial charge in [0.2, 0.25) is 11.7 Å². The molecular formula is C9H13N3O3. The van der Waals surface area contributed by atoms with Crippen molar-refractivity contribution in [2.75, 3.05) is 20.3 Å². The zero-order valence-electron chi connectivity index (χ0n) is 8.47. The molecule has 15 heavy (non-hydrogen) atoms. The molecule has 0 radical (unpaired) electrons. The molecule has 0 aliphatic rings. The quantitative estimate of drug-likeness (QED) is 0.544. The molecule has 2 N–H and O–H groups in total. The number of ether oxygens (including phenoxy) is 2. The summed E-state index contributed by atoms with van der Waals surface area (Å²) in [5, 5.41) is 0. The monoisotopic (exact) mass is 211 g/mol. The van der Waals surface area contributed by atoms with Crippen molar-refractivity contribution in [2.24, 2.45) is 5.73 Å². The third-order valence-electron chi connectivity index (χ3n) is 1.60. The number of carbonyl (C=O) groups is 1.